The number of hydrogen-bond acceptors (Lipinski definition) is 6. The van der Waals surface area contributed by atoms with Crippen LogP contribution in [0.5, 0.6) is 0 Å². The monoisotopic (exact) mass is 408 g/mol. The van der Waals surface area contributed by atoms with Crippen LogP contribution in [-0.4, -0.2) is 32.1 Å². The van der Waals surface area contributed by atoms with Gasteiger partial charge in [0.25, 0.3) is 0 Å². The molecule has 5 rings (SSSR count). The van der Waals surface area contributed by atoms with Gasteiger partial charge in [-0.3, -0.25) is 9.59 Å². The van der Waals surface area contributed by atoms with Crippen molar-refractivity contribution in [3.8, 4) is 0 Å². The van der Waals surface area contributed by atoms with Crippen molar-refractivity contribution in [1.29, 1.82) is 0 Å². The van der Waals surface area contributed by atoms with Gasteiger partial charge in [-0.15, -0.1) is 5.10 Å². The van der Waals surface area contributed by atoms with Crippen molar-refractivity contribution >= 4 is 29.1 Å². The Morgan fingerprint density at radius 1 is 1.28 bits per heavy atom. The van der Waals surface area contributed by atoms with Crippen LogP contribution < -0.4 is 5.32 Å². The van der Waals surface area contributed by atoms with E-state index in [0.29, 0.717) is 23.1 Å². The van der Waals surface area contributed by atoms with Crippen LogP contribution >= 0.6 is 11.8 Å². The summed E-state index contributed by atoms with van der Waals surface area (Å²) in [6.07, 6.45) is 2.59. The maximum Gasteiger partial charge on any atom is 0.228 e. The largest absolute Gasteiger partial charge is 0.326 e. The molecule has 0 spiro atoms. The summed E-state index contributed by atoms with van der Waals surface area (Å²) < 4.78 is 0. The second kappa shape index (κ2) is 6.11. The Hall–Kier alpha value is -2.28. The predicted molar refractivity (Wildman–Crippen MR) is 111 cm³/mol. The van der Waals surface area contributed by atoms with Gasteiger partial charge in [0.05, 0.1) is 23.1 Å². The molecule has 2 aliphatic carbocycles. The number of hydrogen-bond donors (Lipinski definition) is 1. The van der Waals surface area contributed by atoms with Crippen LogP contribution in [0.2, 0.25) is 0 Å². The van der Waals surface area contributed by atoms with E-state index in [1.165, 1.54) is 11.8 Å². The molecule has 1 fully saturated rings. The van der Waals surface area contributed by atoms with Crippen molar-refractivity contribution in [3.63, 3.8) is 0 Å². The number of thioether (sulfide) groups is 1. The number of aromatic nitrogens is 3. The van der Waals surface area contributed by atoms with E-state index in [4.69, 9.17) is 4.98 Å². The van der Waals surface area contributed by atoms with Crippen molar-refractivity contribution in [3.05, 3.63) is 40.7 Å². The number of benzene rings is 1. The standard InChI is InChI=1S/C22H24N4O2S/c1-11(18(28)12-5-6-15-13(9-12)10-16(27)23-15)29-20-24-19-17(25-26-20)14-7-8-22(19,4)21(14,2)3/h5-6,9,11,14H,7-8,10H2,1-4H3,(H,23,27). The lowest BCUT2D eigenvalue weighted by molar-refractivity contribution is -0.115. The van der Waals surface area contributed by atoms with Crippen molar-refractivity contribution in [2.75, 3.05) is 5.32 Å². The summed E-state index contributed by atoms with van der Waals surface area (Å²) in [6, 6.07) is 5.39. The second-order valence-electron chi connectivity index (χ2n) is 9.19. The molecule has 1 amide bonds. The molecule has 3 aliphatic rings. The van der Waals surface area contributed by atoms with Gasteiger partial charge < -0.3 is 5.32 Å². The Balaban J connectivity index is 1.38. The molecular weight excluding hydrogens is 384 g/mol. The lowest BCUT2D eigenvalue weighted by Gasteiger charge is -2.34. The maximum atomic E-state index is 13.0. The Morgan fingerprint density at radius 2 is 2.07 bits per heavy atom. The van der Waals surface area contributed by atoms with Crippen molar-refractivity contribution in [2.24, 2.45) is 5.41 Å². The van der Waals surface area contributed by atoms with E-state index < -0.39 is 0 Å². The smallest absolute Gasteiger partial charge is 0.228 e. The van der Waals surface area contributed by atoms with Gasteiger partial charge in [0, 0.05) is 22.6 Å². The number of anilines is 1. The molecule has 1 aliphatic heterocycles. The number of nitrogens with one attached hydrogen (secondary N) is 1. The first kappa shape index (κ1) is 18.7. The molecule has 1 aromatic heterocycles. The SMILES string of the molecule is CC(Sc1nnc2c(n1)C1(C)CCC2C1(C)C)C(=O)c1ccc2c(c1)CC(=O)N2. The number of carbonyl (C=O) groups is 2. The summed E-state index contributed by atoms with van der Waals surface area (Å²) in [5.41, 5.74) is 4.55. The summed E-state index contributed by atoms with van der Waals surface area (Å²) in [4.78, 5) is 29.4. The molecule has 7 heteroatoms. The molecule has 2 heterocycles. The molecule has 2 aromatic rings. The van der Waals surface area contributed by atoms with E-state index >= 15 is 0 Å². The van der Waals surface area contributed by atoms with Crippen molar-refractivity contribution in [2.45, 2.75) is 68.7 Å². The first-order valence-corrected chi connectivity index (χ1v) is 11.0. The van der Waals surface area contributed by atoms with Gasteiger partial charge in [-0.25, -0.2) is 4.98 Å². The topological polar surface area (TPSA) is 84.8 Å². The third kappa shape index (κ3) is 2.59. The molecule has 29 heavy (non-hydrogen) atoms. The fraction of sp³-hybridized carbons (Fsp3) is 0.500. The van der Waals surface area contributed by atoms with Crippen LogP contribution in [0.25, 0.3) is 0 Å². The number of Topliss-reactive ketones (excluding diaryl/α,β-unsaturated/α-hetero) is 1. The fourth-order valence-corrected chi connectivity index (χ4v) is 6.03. The minimum absolute atomic E-state index is 0.00862. The average Bonchev–Trinajstić information content (AvgIpc) is 3.22. The number of fused-ring (bicyclic) bond motifs is 6. The number of ketones is 1. The molecule has 3 atom stereocenters. The van der Waals surface area contributed by atoms with E-state index in [2.05, 4.69) is 36.3 Å². The van der Waals surface area contributed by atoms with Crippen LogP contribution in [0.3, 0.4) is 0 Å². The van der Waals surface area contributed by atoms with Crippen LogP contribution in [0.1, 0.15) is 73.8 Å². The van der Waals surface area contributed by atoms with Crippen molar-refractivity contribution in [1.82, 2.24) is 15.2 Å². The highest BCUT2D eigenvalue weighted by Crippen LogP contribution is 2.66. The lowest BCUT2D eigenvalue weighted by atomic mass is 9.70. The van der Waals surface area contributed by atoms with Gasteiger partial charge in [0.1, 0.15) is 0 Å². The first-order chi connectivity index (χ1) is 13.7. The highest BCUT2D eigenvalue weighted by molar-refractivity contribution is 8.00. The van der Waals surface area contributed by atoms with Gasteiger partial charge in [-0.1, -0.05) is 32.5 Å². The second-order valence-corrected chi connectivity index (χ2v) is 10.5. The third-order valence-corrected chi connectivity index (χ3v) is 8.39. The van der Waals surface area contributed by atoms with Crippen molar-refractivity contribution < 1.29 is 9.59 Å². The van der Waals surface area contributed by atoms with Crippen LogP contribution in [0.4, 0.5) is 5.69 Å². The highest BCUT2D eigenvalue weighted by atomic mass is 32.2. The van der Waals surface area contributed by atoms with E-state index in [-0.39, 0.29) is 27.8 Å². The van der Waals surface area contributed by atoms with E-state index in [1.54, 1.807) is 12.1 Å². The molecule has 1 N–H and O–H groups in total. The zero-order valence-electron chi connectivity index (χ0n) is 17.1. The van der Waals surface area contributed by atoms with E-state index in [9.17, 15) is 9.59 Å². The van der Waals surface area contributed by atoms with Gasteiger partial charge >= 0.3 is 0 Å². The quantitative estimate of drug-likeness (QED) is 0.610. The minimum atomic E-state index is -0.336. The van der Waals surface area contributed by atoms with Gasteiger partial charge in [0.15, 0.2) is 5.78 Å². The molecule has 2 bridgehead atoms. The van der Waals surface area contributed by atoms with E-state index in [1.807, 2.05) is 13.0 Å². The summed E-state index contributed by atoms with van der Waals surface area (Å²) in [7, 11) is 0. The van der Waals surface area contributed by atoms with Gasteiger partial charge in [-0.2, -0.15) is 5.10 Å². The molecular formula is C22H24N4O2S. The van der Waals surface area contributed by atoms with Gasteiger partial charge in [-0.05, 0) is 48.9 Å². The van der Waals surface area contributed by atoms with Crippen LogP contribution in [0, 0.1) is 5.41 Å². The molecule has 6 nitrogen and oxygen atoms in total. The third-order valence-electron chi connectivity index (χ3n) is 7.44. The predicted octanol–water partition coefficient (Wildman–Crippen LogP) is 3.90. The molecule has 0 radical (unpaired) electrons. The van der Waals surface area contributed by atoms with E-state index in [0.717, 1.165) is 35.5 Å². The normalized spacial score (nSPS) is 26.8. The lowest BCUT2D eigenvalue weighted by Crippen LogP contribution is -2.32. The molecule has 0 saturated heterocycles. The summed E-state index contributed by atoms with van der Waals surface area (Å²) in [5, 5.41) is 11.9. The fourth-order valence-electron chi connectivity index (χ4n) is 5.24. The molecule has 1 aromatic carbocycles. The Kier molecular flexibility index (Phi) is 3.95. The Morgan fingerprint density at radius 3 is 2.86 bits per heavy atom. The number of carbonyl (C=O) groups excluding carboxylic acids is 2. The first-order valence-electron chi connectivity index (χ1n) is 10.1. The zero-order chi connectivity index (χ0) is 20.6. The highest BCUT2D eigenvalue weighted by Gasteiger charge is 2.61. The number of amides is 1. The molecule has 3 unspecified atom stereocenters. The summed E-state index contributed by atoms with van der Waals surface area (Å²) in [6.45, 7) is 8.77. The van der Waals surface area contributed by atoms with Gasteiger partial charge in [0.2, 0.25) is 11.1 Å². The number of rotatable bonds is 4. The zero-order valence-corrected chi connectivity index (χ0v) is 17.9. The summed E-state index contributed by atoms with van der Waals surface area (Å²) >= 11 is 1.36. The maximum absolute atomic E-state index is 13.0. The summed E-state index contributed by atoms with van der Waals surface area (Å²) in [5.74, 6) is 0.396. The number of nitrogens with zero attached hydrogens (tertiary/aromatic N) is 3. The Labute approximate surface area is 174 Å². The molecule has 150 valence electrons. The average molecular weight is 409 g/mol. The Bertz CT molecular complexity index is 1070. The van der Waals surface area contributed by atoms with Crippen LogP contribution in [-0.2, 0) is 16.6 Å². The minimum Gasteiger partial charge on any atom is -0.326 e. The molecule has 1 saturated carbocycles. The van der Waals surface area contributed by atoms with Crippen LogP contribution in [0.15, 0.2) is 23.4 Å².